The first-order chi connectivity index (χ1) is 10.5. The Balaban J connectivity index is 3.07. The maximum atomic E-state index is 12.7. The number of carbonyl (C=O) groups is 2. The van der Waals surface area contributed by atoms with Crippen molar-refractivity contribution in [3.05, 3.63) is 11.6 Å². The number of hydrogen-bond acceptors (Lipinski definition) is 6. The van der Waals surface area contributed by atoms with Crippen LogP contribution in [0.1, 0.15) is 6.42 Å². The number of sulfonamides is 1. The first-order valence-electron chi connectivity index (χ1n) is 7.36. The summed E-state index contributed by atoms with van der Waals surface area (Å²) in [6.07, 6.45) is 1.64. The summed E-state index contributed by atoms with van der Waals surface area (Å²) in [6, 6.07) is -0.350. The van der Waals surface area contributed by atoms with Crippen LogP contribution in [0.15, 0.2) is 11.6 Å². The van der Waals surface area contributed by atoms with E-state index >= 15 is 0 Å². The molecule has 0 aliphatic carbocycles. The molecule has 0 saturated heterocycles. The summed E-state index contributed by atoms with van der Waals surface area (Å²) in [5.74, 6) is -1.24. The molecule has 0 aromatic heterocycles. The third kappa shape index (κ3) is 5.43. The first kappa shape index (κ1) is 19.9. The van der Waals surface area contributed by atoms with Crippen LogP contribution >= 0.6 is 0 Å². The summed E-state index contributed by atoms with van der Waals surface area (Å²) in [5, 5.41) is 0. The summed E-state index contributed by atoms with van der Waals surface area (Å²) in [7, 11) is -2.79. The van der Waals surface area contributed by atoms with Crippen LogP contribution < -0.4 is 0 Å². The quantitative estimate of drug-likeness (QED) is 0.517. The smallest absolute Gasteiger partial charge is 0.334 e. The molecule has 0 amide bonds. The Morgan fingerprint density at radius 1 is 1.26 bits per heavy atom. The standard InChI is InChI=1S/C14H25NO6SSi/c1-20-13(16)11-6-7-12(14(17)21-2)15(10-11)22(18,19)8-9-23(3,4)5/h6,12H,7-10H2,1-5H3/t12-/m0/s1. The second kappa shape index (κ2) is 7.58. The van der Waals surface area contributed by atoms with Gasteiger partial charge in [0.15, 0.2) is 0 Å². The average Bonchev–Trinajstić information content (AvgIpc) is 2.50. The van der Waals surface area contributed by atoms with Crippen LogP contribution in [-0.4, -0.2) is 65.3 Å². The second-order valence-electron chi connectivity index (χ2n) is 6.67. The molecule has 0 aromatic carbocycles. The molecular formula is C14H25NO6SSi. The topological polar surface area (TPSA) is 90.0 Å². The van der Waals surface area contributed by atoms with Crippen molar-refractivity contribution in [2.45, 2.75) is 38.1 Å². The average molecular weight is 364 g/mol. The lowest BCUT2D eigenvalue weighted by atomic mass is 10.1. The molecule has 23 heavy (non-hydrogen) atoms. The Bertz CT molecular complexity index is 593. The minimum Gasteiger partial charge on any atom is -0.468 e. The maximum Gasteiger partial charge on any atom is 0.334 e. The van der Waals surface area contributed by atoms with Gasteiger partial charge in [-0.05, 0) is 12.5 Å². The van der Waals surface area contributed by atoms with E-state index in [1.807, 2.05) is 0 Å². The highest BCUT2D eigenvalue weighted by Gasteiger charge is 2.39. The molecule has 132 valence electrons. The largest absolute Gasteiger partial charge is 0.468 e. The molecule has 0 saturated carbocycles. The molecule has 0 unspecified atom stereocenters. The highest BCUT2D eigenvalue weighted by molar-refractivity contribution is 7.89. The van der Waals surface area contributed by atoms with Gasteiger partial charge in [0.25, 0.3) is 0 Å². The minimum absolute atomic E-state index is 0.0370. The fourth-order valence-electron chi connectivity index (χ4n) is 2.19. The van der Waals surface area contributed by atoms with Crippen LogP contribution in [0.5, 0.6) is 0 Å². The number of nitrogens with zero attached hydrogens (tertiary/aromatic N) is 1. The number of ether oxygens (including phenoxy) is 2. The Morgan fingerprint density at radius 2 is 1.87 bits per heavy atom. The zero-order valence-corrected chi connectivity index (χ0v) is 16.1. The summed E-state index contributed by atoms with van der Waals surface area (Å²) >= 11 is 0. The highest BCUT2D eigenvalue weighted by atomic mass is 32.2. The van der Waals surface area contributed by atoms with E-state index in [0.717, 1.165) is 4.31 Å². The van der Waals surface area contributed by atoms with Gasteiger partial charge in [-0.1, -0.05) is 25.7 Å². The minimum atomic E-state index is -3.68. The van der Waals surface area contributed by atoms with Gasteiger partial charge < -0.3 is 9.47 Å². The van der Waals surface area contributed by atoms with E-state index in [-0.39, 0.29) is 24.3 Å². The molecule has 0 N–H and O–H groups in total. The van der Waals surface area contributed by atoms with Crippen molar-refractivity contribution in [1.29, 1.82) is 0 Å². The van der Waals surface area contributed by atoms with E-state index in [9.17, 15) is 18.0 Å². The van der Waals surface area contributed by atoms with Crippen LogP contribution in [0, 0.1) is 0 Å². The SMILES string of the molecule is COC(=O)C1=CC[C@@H](C(=O)OC)N(S(=O)(=O)CC[Si](C)(C)C)C1. The normalized spacial score (nSPS) is 19.9. The lowest BCUT2D eigenvalue weighted by molar-refractivity contribution is -0.146. The number of methoxy groups -OCH3 is 2. The van der Waals surface area contributed by atoms with Crippen LogP contribution in [-0.2, 0) is 29.1 Å². The maximum absolute atomic E-state index is 12.7. The molecule has 1 aliphatic rings. The first-order valence-corrected chi connectivity index (χ1v) is 12.7. The van der Waals surface area contributed by atoms with Gasteiger partial charge in [-0.3, -0.25) is 4.79 Å². The zero-order chi connectivity index (χ0) is 17.8. The number of carbonyl (C=O) groups excluding carboxylic acids is 2. The Hall–Kier alpha value is -1.19. The number of hydrogen-bond donors (Lipinski definition) is 0. The zero-order valence-electron chi connectivity index (χ0n) is 14.3. The molecule has 1 heterocycles. The summed E-state index contributed by atoms with van der Waals surface area (Å²) in [4.78, 5) is 23.6. The van der Waals surface area contributed by atoms with Gasteiger partial charge in [0, 0.05) is 20.2 Å². The Morgan fingerprint density at radius 3 is 2.35 bits per heavy atom. The van der Waals surface area contributed by atoms with E-state index in [0.29, 0.717) is 6.04 Å². The molecule has 1 atom stereocenters. The summed E-state index contributed by atoms with van der Waals surface area (Å²) in [6.45, 7) is 6.07. The highest BCUT2D eigenvalue weighted by Crippen LogP contribution is 2.24. The fourth-order valence-corrected chi connectivity index (χ4v) is 6.80. The van der Waals surface area contributed by atoms with E-state index in [2.05, 4.69) is 24.4 Å². The van der Waals surface area contributed by atoms with Gasteiger partial charge in [0.2, 0.25) is 10.0 Å². The molecule has 0 fully saturated rings. The molecule has 7 nitrogen and oxygen atoms in total. The van der Waals surface area contributed by atoms with Crippen molar-refractivity contribution in [2.75, 3.05) is 26.5 Å². The Kier molecular flexibility index (Phi) is 6.55. The van der Waals surface area contributed by atoms with Crippen molar-refractivity contribution >= 4 is 30.0 Å². The van der Waals surface area contributed by atoms with Crippen molar-refractivity contribution < 1.29 is 27.5 Å². The van der Waals surface area contributed by atoms with Gasteiger partial charge in [-0.2, -0.15) is 4.31 Å². The predicted molar refractivity (Wildman–Crippen MR) is 89.2 cm³/mol. The molecule has 0 radical (unpaired) electrons. The fraction of sp³-hybridized carbons (Fsp3) is 0.714. The third-order valence-electron chi connectivity index (χ3n) is 3.65. The summed E-state index contributed by atoms with van der Waals surface area (Å²) in [5.41, 5.74) is 0.240. The van der Waals surface area contributed by atoms with Crippen LogP contribution in [0.25, 0.3) is 0 Å². The lowest BCUT2D eigenvalue weighted by Crippen LogP contribution is -2.50. The van der Waals surface area contributed by atoms with Gasteiger partial charge in [-0.15, -0.1) is 0 Å². The van der Waals surface area contributed by atoms with Crippen molar-refractivity contribution in [1.82, 2.24) is 4.31 Å². The Labute approximate surface area is 138 Å². The molecule has 0 spiro atoms. The molecule has 9 heteroatoms. The molecular weight excluding hydrogens is 338 g/mol. The van der Waals surface area contributed by atoms with Gasteiger partial charge in [0.05, 0.1) is 20.0 Å². The number of rotatable bonds is 6. The van der Waals surface area contributed by atoms with Gasteiger partial charge in [-0.25, -0.2) is 13.2 Å². The van der Waals surface area contributed by atoms with E-state index in [1.165, 1.54) is 20.3 Å². The van der Waals surface area contributed by atoms with Crippen LogP contribution in [0.4, 0.5) is 0 Å². The third-order valence-corrected chi connectivity index (χ3v) is 7.58. The van der Waals surface area contributed by atoms with Crippen LogP contribution in [0.3, 0.4) is 0 Å². The van der Waals surface area contributed by atoms with Crippen molar-refractivity contribution in [3.63, 3.8) is 0 Å². The molecule has 0 bridgehead atoms. The van der Waals surface area contributed by atoms with E-state index < -0.39 is 36.1 Å². The second-order valence-corrected chi connectivity index (χ2v) is 14.3. The van der Waals surface area contributed by atoms with Gasteiger partial charge in [0.1, 0.15) is 6.04 Å². The lowest BCUT2D eigenvalue weighted by Gasteiger charge is -2.32. The van der Waals surface area contributed by atoms with Crippen molar-refractivity contribution in [3.8, 4) is 0 Å². The molecule has 1 aliphatic heterocycles. The monoisotopic (exact) mass is 363 g/mol. The van der Waals surface area contributed by atoms with E-state index in [1.54, 1.807) is 0 Å². The molecule has 1 rings (SSSR count). The predicted octanol–water partition coefficient (Wildman–Crippen LogP) is 1.00. The summed E-state index contributed by atoms with van der Waals surface area (Å²) < 4.78 is 35.8. The van der Waals surface area contributed by atoms with E-state index in [4.69, 9.17) is 4.74 Å². The molecule has 0 aromatic rings. The van der Waals surface area contributed by atoms with Crippen LogP contribution in [0.2, 0.25) is 25.7 Å². The number of esters is 2. The van der Waals surface area contributed by atoms with Gasteiger partial charge >= 0.3 is 11.9 Å². The van der Waals surface area contributed by atoms with Crippen molar-refractivity contribution in [2.24, 2.45) is 0 Å².